The smallest absolute Gasteiger partial charge is 0.335 e. The molecule has 7 nitrogen and oxygen atoms in total. The van der Waals surface area contributed by atoms with Gasteiger partial charge in [-0.1, -0.05) is 12.1 Å². The summed E-state index contributed by atoms with van der Waals surface area (Å²) in [5.74, 6) is -1.61. The molecule has 0 aliphatic carbocycles. The van der Waals surface area contributed by atoms with Crippen LogP contribution < -0.4 is 5.32 Å². The monoisotopic (exact) mass is 326 g/mol. The number of nitrogens with zero attached hydrogens (tertiary/aromatic N) is 1. The number of amides is 1. The van der Waals surface area contributed by atoms with Gasteiger partial charge in [-0.3, -0.25) is 4.79 Å². The first-order valence-corrected chi connectivity index (χ1v) is 8.49. The molecule has 0 radical (unpaired) electrons. The Morgan fingerprint density at radius 2 is 1.95 bits per heavy atom. The van der Waals surface area contributed by atoms with E-state index in [4.69, 9.17) is 5.11 Å². The molecule has 1 atom stereocenters. The van der Waals surface area contributed by atoms with Crippen molar-refractivity contribution in [2.75, 3.05) is 13.6 Å². The van der Waals surface area contributed by atoms with Crippen LogP contribution in [0.25, 0.3) is 0 Å². The zero-order valence-electron chi connectivity index (χ0n) is 12.2. The third kappa shape index (κ3) is 3.45. The Bertz CT molecular complexity index is 669. The lowest BCUT2D eigenvalue weighted by molar-refractivity contribution is -0.123. The summed E-state index contributed by atoms with van der Waals surface area (Å²) < 4.78 is 26.2. The Morgan fingerprint density at radius 1 is 1.32 bits per heavy atom. The molecule has 0 bridgehead atoms. The van der Waals surface area contributed by atoms with Gasteiger partial charge in [0.1, 0.15) is 6.04 Å². The Morgan fingerprint density at radius 3 is 2.50 bits per heavy atom. The predicted octanol–water partition coefficient (Wildman–Crippen LogP) is 0.425. The van der Waals surface area contributed by atoms with Gasteiger partial charge in [0, 0.05) is 13.6 Å². The van der Waals surface area contributed by atoms with Crippen molar-refractivity contribution < 1.29 is 23.1 Å². The number of aromatic carboxylic acids is 1. The number of carboxylic acids is 1. The SMILES string of the molecule is CNC(=O)C1CCCN1S(=O)(=O)Cc1ccc(C(=O)O)cc1. The molecule has 2 rings (SSSR count). The number of likely N-dealkylation sites (N-methyl/N-ethyl adjacent to an activating group) is 1. The number of carboxylic acid groups (broad SMARTS) is 1. The van der Waals surface area contributed by atoms with Gasteiger partial charge in [-0.15, -0.1) is 0 Å². The van der Waals surface area contributed by atoms with E-state index in [1.54, 1.807) is 0 Å². The minimum absolute atomic E-state index is 0.102. The number of hydrogen-bond donors (Lipinski definition) is 2. The van der Waals surface area contributed by atoms with Crippen molar-refractivity contribution in [2.24, 2.45) is 0 Å². The highest BCUT2D eigenvalue weighted by atomic mass is 32.2. The molecular formula is C14H18N2O5S. The van der Waals surface area contributed by atoms with Crippen LogP contribution >= 0.6 is 0 Å². The fourth-order valence-corrected chi connectivity index (χ4v) is 4.31. The second-order valence-electron chi connectivity index (χ2n) is 5.14. The maximum Gasteiger partial charge on any atom is 0.335 e. The maximum absolute atomic E-state index is 12.5. The fourth-order valence-electron chi connectivity index (χ4n) is 2.54. The summed E-state index contributed by atoms with van der Waals surface area (Å²) in [6.07, 6.45) is 1.16. The summed E-state index contributed by atoms with van der Waals surface area (Å²) in [6, 6.07) is 5.03. The largest absolute Gasteiger partial charge is 0.478 e. The Hall–Kier alpha value is -1.93. The molecule has 1 aromatic rings. The molecule has 1 heterocycles. The third-order valence-electron chi connectivity index (χ3n) is 3.66. The van der Waals surface area contributed by atoms with Gasteiger partial charge in [-0.25, -0.2) is 13.2 Å². The topological polar surface area (TPSA) is 104 Å². The normalized spacial score (nSPS) is 19.0. The van der Waals surface area contributed by atoms with E-state index in [1.807, 2.05) is 0 Å². The van der Waals surface area contributed by atoms with Crippen LogP contribution in [0.3, 0.4) is 0 Å². The van der Waals surface area contributed by atoms with Crippen LogP contribution in [0.5, 0.6) is 0 Å². The number of nitrogens with one attached hydrogen (secondary N) is 1. The highest BCUT2D eigenvalue weighted by molar-refractivity contribution is 7.88. The van der Waals surface area contributed by atoms with E-state index < -0.39 is 22.0 Å². The fraction of sp³-hybridized carbons (Fsp3) is 0.429. The zero-order chi connectivity index (χ0) is 16.3. The summed E-state index contributed by atoms with van der Waals surface area (Å²) in [4.78, 5) is 22.5. The summed E-state index contributed by atoms with van der Waals surface area (Å²) in [5, 5.41) is 11.3. The molecule has 1 aliphatic heterocycles. The van der Waals surface area contributed by atoms with Gasteiger partial charge in [-0.05, 0) is 30.5 Å². The van der Waals surface area contributed by atoms with Crippen LogP contribution in [0.4, 0.5) is 0 Å². The molecule has 1 unspecified atom stereocenters. The zero-order valence-corrected chi connectivity index (χ0v) is 13.0. The van der Waals surface area contributed by atoms with Gasteiger partial charge in [-0.2, -0.15) is 4.31 Å². The number of hydrogen-bond acceptors (Lipinski definition) is 4. The van der Waals surface area contributed by atoms with Crippen molar-refractivity contribution in [3.05, 3.63) is 35.4 Å². The second-order valence-corrected chi connectivity index (χ2v) is 7.06. The van der Waals surface area contributed by atoms with Crippen LogP contribution in [-0.4, -0.2) is 49.3 Å². The van der Waals surface area contributed by atoms with Crippen LogP contribution in [-0.2, 0) is 20.6 Å². The molecule has 1 amide bonds. The highest BCUT2D eigenvalue weighted by Gasteiger charge is 2.38. The van der Waals surface area contributed by atoms with Crippen LogP contribution in [0.2, 0.25) is 0 Å². The molecule has 1 saturated heterocycles. The van der Waals surface area contributed by atoms with Crippen LogP contribution in [0, 0.1) is 0 Å². The van der Waals surface area contributed by atoms with Crippen molar-refractivity contribution in [2.45, 2.75) is 24.6 Å². The Kier molecular flexibility index (Phi) is 4.82. The molecule has 120 valence electrons. The summed E-state index contributed by atoms with van der Waals surface area (Å²) in [5.41, 5.74) is 0.595. The van der Waals surface area contributed by atoms with E-state index in [1.165, 1.54) is 35.6 Å². The van der Waals surface area contributed by atoms with E-state index in [9.17, 15) is 18.0 Å². The van der Waals surface area contributed by atoms with Gasteiger partial charge < -0.3 is 10.4 Å². The predicted molar refractivity (Wildman–Crippen MR) is 79.8 cm³/mol. The van der Waals surface area contributed by atoms with Gasteiger partial charge in [0.2, 0.25) is 15.9 Å². The highest BCUT2D eigenvalue weighted by Crippen LogP contribution is 2.23. The lowest BCUT2D eigenvalue weighted by Crippen LogP contribution is -2.45. The van der Waals surface area contributed by atoms with E-state index in [0.717, 1.165) is 0 Å². The lowest BCUT2D eigenvalue weighted by Gasteiger charge is -2.22. The number of benzene rings is 1. The average molecular weight is 326 g/mol. The minimum atomic E-state index is -3.63. The minimum Gasteiger partial charge on any atom is -0.478 e. The molecule has 0 saturated carbocycles. The first-order chi connectivity index (χ1) is 10.3. The molecule has 2 N–H and O–H groups in total. The van der Waals surface area contributed by atoms with Crippen LogP contribution in [0.1, 0.15) is 28.8 Å². The van der Waals surface area contributed by atoms with Gasteiger partial charge in [0.25, 0.3) is 0 Å². The van der Waals surface area contributed by atoms with E-state index in [-0.39, 0.29) is 17.2 Å². The molecule has 8 heteroatoms. The van der Waals surface area contributed by atoms with Gasteiger partial charge >= 0.3 is 5.97 Å². The number of sulfonamides is 1. The lowest BCUT2D eigenvalue weighted by atomic mass is 10.1. The first-order valence-electron chi connectivity index (χ1n) is 6.88. The van der Waals surface area contributed by atoms with Gasteiger partial charge in [0.05, 0.1) is 11.3 Å². The molecular weight excluding hydrogens is 308 g/mol. The van der Waals surface area contributed by atoms with Crippen molar-refractivity contribution in [1.29, 1.82) is 0 Å². The molecule has 1 fully saturated rings. The summed E-state index contributed by atoms with van der Waals surface area (Å²) in [6.45, 7) is 0.327. The summed E-state index contributed by atoms with van der Waals surface area (Å²) >= 11 is 0. The Labute approximate surface area is 129 Å². The van der Waals surface area contributed by atoms with Crippen molar-refractivity contribution >= 4 is 21.9 Å². The maximum atomic E-state index is 12.5. The summed E-state index contributed by atoms with van der Waals surface area (Å²) in [7, 11) is -2.14. The van der Waals surface area contributed by atoms with E-state index in [0.29, 0.717) is 24.9 Å². The molecule has 22 heavy (non-hydrogen) atoms. The Balaban J connectivity index is 2.16. The first kappa shape index (κ1) is 16.4. The molecule has 0 aromatic heterocycles. The van der Waals surface area contributed by atoms with Crippen molar-refractivity contribution in [1.82, 2.24) is 9.62 Å². The number of carbonyl (C=O) groups excluding carboxylic acids is 1. The van der Waals surface area contributed by atoms with Crippen molar-refractivity contribution in [3.63, 3.8) is 0 Å². The van der Waals surface area contributed by atoms with Crippen LogP contribution in [0.15, 0.2) is 24.3 Å². The standard InChI is InChI=1S/C14H18N2O5S/c1-15-13(17)12-3-2-8-16(12)22(20,21)9-10-4-6-11(7-5-10)14(18)19/h4-7,12H,2-3,8-9H2,1H3,(H,15,17)(H,18,19). The number of rotatable bonds is 5. The van der Waals surface area contributed by atoms with E-state index in [2.05, 4.69) is 5.32 Å². The number of carbonyl (C=O) groups is 2. The molecule has 1 aliphatic rings. The third-order valence-corrected chi connectivity index (χ3v) is 5.51. The van der Waals surface area contributed by atoms with E-state index >= 15 is 0 Å². The average Bonchev–Trinajstić information content (AvgIpc) is 2.97. The second kappa shape index (κ2) is 6.45. The van der Waals surface area contributed by atoms with Crippen molar-refractivity contribution in [3.8, 4) is 0 Å². The van der Waals surface area contributed by atoms with Gasteiger partial charge in [0.15, 0.2) is 0 Å². The quantitative estimate of drug-likeness (QED) is 0.816. The molecule has 1 aromatic carbocycles. The molecule has 0 spiro atoms.